The normalized spacial score (nSPS) is 14.7. The molecular weight excluding hydrogens is 346 g/mol. The van der Waals surface area contributed by atoms with Gasteiger partial charge in [0.05, 0.1) is 18.7 Å². The molecule has 1 heterocycles. The molecule has 2 rings (SSSR count). The van der Waals surface area contributed by atoms with Crippen molar-refractivity contribution in [1.82, 2.24) is 15.5 Å². The van der Waals surface area contributed by atoms with Crippen molar-refractivity contribution in [2.75, 3.05) is 26.2 Å². The molecule has 0 bridgehead atoms. The number of piperidine rings is 1. The Hall–Kier alpha value is -2.57. The second kappa shape index (κ2) is 9.94. The number of hydrogen-bond donors (Lipinski definition) is 2. The van der Waals surface area contributed by atoms with Crippen LogP contribution >= 0.6 is 0 Å². The molecule has 27 heavy (non-hydrogen) atoms. The van der Waals surface area contributed by atoms with E-state index in [1.807, 2.05) is 25.7 Å². The smallest absolute Gasteiger partial charge is 0.255 e. The van der Waals surface area contributed by atoms with Gasteiger partial charge in [0.15, 0.2) is 0 Å². The summed E-state index contributed by atoms with van der Waals surface area (Å²) in [6, 6.07) is 6.97. The number of ether oxygens (including phenoxy) is 1. The summed E-state index contributed by atoms with van der Waals surface area (Å²) in [7, 11) is 0. The van der Waals surface area contributed by atoms with Crippen molar-refractivity contribution in [2.45, 2.75) is 39.7 Å². The fourth-order valence-corrected chi connectivity index (χ4v) is 3.08. The van der Waals surface area contributed by atoms with Crippen LogP contribution in [0.4, 0.5) is 0 Å². The van der Waals surface area contributed by atoms with Crippen molar-refractivity contribution in [3.05, 3.63) is 29.8 Å². The number of likely N-dealkylation sites (tertiary alicyclic amines) is 1. The van der Waals surface area contributed by atoms with Crippen LogP contribution in [0.25, 0.3) is 0 Å². The molecule has 0 aliphatic carbocycles. The summed E-state index contributed by atoms with van der Waals surface area (Å²) in [6.45, 7) is 7.30. The monoisotopic (exact) mass is 375 g/mol. The molecule has 1 aromatic carbocycles. The lowest BCUT2D eigenvalue weighted by Crippen LogP contribution is -2.49. The lowest BCUT2D eigenvalue weighted by atomic mass is 10.0. The summed E-state index contributed by atoms with van der Waals surface area (Å²) < 4.78 is 5.44. The quantitative estimate of drug-likeness (QED) is 0.757. The molecule has 7 heteroatoms. The van der Waals surface area contributed by atoms with Crippen molar-refractivity contribution in [1.29, 1.82) is 0 Å². The first-order valence-corrected chi connectivity index (χ1v) is 9.50. The number of amides is 3. The van der Waals surface area contributed by atoms with Crippen LogP contribution in [0.5, 0.6) is 5.75 Å². The van der Waals surface area contributed by atoms with E-state index in [9.17, 15) is 14.4 Å². The molecule has 1 aliphatic heterocycles. The third kappa shape index (κ3) is 5.98. The molecule has 3 amide bonds. The maximum atomic E-state index is 12.3. The molecule has 7 nitrogen and oxygen atoms in total. The Labute approximate surface area is 160 Å². The van der Waals surface area contributed by atoms with Crippen LogP contribution in [0.15, 0.2) is 24.3 Å². The Balaban J connectivity index is 1.77. The van der Waals surface area contributed by atoms with Gasteiger partial charge in [-0.15, -0.1) is 0 Å². The molecule has 1 fully saturated rings. The van der Waals surface area contributed by atoms with Crippen LogP contribution < -0.4 is 15.4 Å². The first-order valence-electron chi connectivity index (χ1n) is 9.50. The predicted molar refractivity (Wildman–Crippen MR) is 103 cm³/mol. The summed E-state index contributed by atoms with van der Waals surface area (Å²) in [5, 5.41) is 5.56. The number of rotatable bonds is 7. The zero-order valence-electron chi connectivity index (χ0n) is 16.3. The molecule has 0 spiro atoms. The van der Waals surface area contributed by atoms with E-state index in [2.05, 4.69) is 10.6 Å². The molecule has 0 saturated carbocycles. The highest BCUT2D eigenvalue weighted by molar-refractivity contribution is 5.98. The van der Waals surface area contributed by atoms with E-state index in [-0.39, 0.29) is 36.2 Å². The Morgan fingerprint density at radius 3 is 2.48 bits per heavy atom. The average molecular weight is 375 g/mol. The van der Waals surface area contributed by atoms with Crippen molar-refractivity contribution in [3.63, 3.8) is 0 Å². The van der Waals surface area contributed by atoms with Gasteiger partial charge in [-0.05, 0) is 31.9 Å². The number of carbonyl (C=O) groups is 3. The Bertz CT molecular complexity index is 667. The van der Waals surface area contributed by atoms with Gasteiger partial charge in [0.1, 0.15) is 5.75 Å². The van der Waals surface area contributed by atoms with Gasteiger partial charge in [-0.2, -0.15) is 0 Å². The first kappa shape index (κ1) is 20.7. The highest BCUT2D eigenvalue weighted by Crippen LogP contribution is 2.17. The number of hydrogen-bond acceptors (Lipinski definition) is 4. The van der Waals surface area contributed by atoms with Crippen molar-refractivity contribution in [2.24, 2.45) is 5.92 Å². The summed E-state index contributed by atoms with van der Waals surface area (Å²) in [4.78, 5) is 38.3. The second-order valence-corrected chi connectivity index (χ2v) is 6.93. The van der Waals surface area contributed by atoms with Gasteiger partial charge >= 0.3 is 0 Å². The average Bonchev–Trinajstić information content (AvgIpc) is 2.67. The summed E-state index contributed by atoms with van der Waals surface area (Å²) >= 11 is 0. The van der Waals surface area contributed by atoms with E-state index in [1.54, 1.807) is 24.3 Å². The van der Waals surface area contributed by atoms with Crippen LogP contribution in [0.1, 0.15) is 44.0 Å². The van der Waals surface area contributed by atoms with E-state index in [0.29, 0.717) is 31.0 Å². The van der Waals surface area contributed by atoms with Crippen molar-refractivity contribution >= 4 is 17.7 Å². The van der Waals surface area contributed by atoms with Crippen LogP contribution in [-0.2, 0) is 9.59 Å². The minimum absolute atomic E-state index is 0.00841. The van der Waals surface area contributed by atoms with Gasteiger partial charge in [0, 0.05) is 25.0 Å². The zero-order valence-corrected chi connectivity index (χ0v) is 16.3. The third-order valence-corrected chi connectivity index (χ3v) is 4.51. The van der Waals surface area contributed by atoms with Crippen LogP contribution in [-0.4, -0.2) is 54.9 Å². The fourth-order valence-electron chi connectivity index (χ4n) is 3.08. The molecule has 0 unspecified atom stereocenters. The zero-order chi connectivity index (χ0) is 19.8. The topological polar surface area (TPSA) is 87.7 Å². The van der Waals surface area contributed by atoms with Gasteiger partial charge in [0.25, 0.3) is 5.91 Å². The molecule has 148 valence electrons. The number of carbonyl (C=O) groups excluding carboxylic acids is 3. The standard InChI is InChI=1S/C20H29N3O4/c1-4-27-17-8-6-5-7-16(17)19(25)21-13-18(24)22-15-9-11-23(12-10-15)20(26)14(2)3/h5-8,14-15H,4,9-13H2,1-3H3,(H,21,25)(H,22,24). The van der Waals surface area contributed by atoms with Crippen LogP contribution in [0.3, 0.4) is 0 Å². The minimum Gasteiger partial charge on any atom is -0.493 e. The molecule has 0 radical (unpaired) electrons. The molecule has 1 aromatic rings. The lowest BCUT2D eigenvalue weighted by molar-refractivity contribution is -0.135. The number of nitrogens with zero attached hydrogens (tertiary/aromatic N) is 1. The van der Waals surface area contributed by atoms with E-state index < -0.39 is 0 Å². The molecule has 0 atom stereocenters. The Kier molecular flexibility index (Phi) is 7.64. The van der Waals surface area contributed by atoms with Gasteiger partial charge < -0.3 is 20.3 Å². The highest BCUT2D eigenvalue weighted by atomic mass is 16.5. The van der Waals surface area contributed by atoms with Gasteiger partial charge in [-0.25, -0.2) is 0 Å². The number of nitrogens with one attached hydrogen (secondary N) is 2. The summed E-state index contributed by atoms with van der Waals surface area (Å²) in [5.74, 6) is 0.0726. The van der Waals surface area contributed by atoms with E-state index in [0.717, 1.165) is 12.8 Å². The second-order valence-electron chi connectivity index (χ2n) is 6.93. The molecule has 1 saturated heterocycles. The molecule has 2 N–H and O–H groups in total. The van der Waals surface area contributed by atoms with Crippen LogP contribution in [0.2, 0.25) is 0 Å². The highest BCUT2D eigenvalue weighted by Gasteiger charge is 2.25. The van der Waals surface area contributed by atoms with Gasteiger partial charge in [-0.1, -0.05) is 26.0 Å². The van der Waals surface area contributed by atoms with Crippen molar-refractivity contribution in [3.8, 4) is 5.75 Å². The molecular formula is C20H29N3O4. The number of benzene rings is 1. The van der Waals surface area contributed by atoms with Crippen molar-refractivity contribution < 1.29 is 19.1 Å². The first-order chi connectivity index (χ1) is 12.9. The largest absolute Gasteiger partial charge is 0.493 e. The maximum Gasteiger partial charge on any atom is 0.255 e. The Morgan fingerprint density at radius 2 is 1.85 bits per heavy atom. The predicted octanol–water partition coefficient (Wildman–Crippen LogP) is 1.58. The minimum atomic E-state index is -0.341. The Morgan fingerprint density at radius 1 is 1.19 bits per heavy atom. The summed E-state index contributed by atoms with van der Waals surface area (Å²) in [5.41, 5.74) is 0.410. The maximum absolute atomic E-state index is 12.3. The van der Waals surface area contributed by atoms with Gasteiger partial charge in [0.2, 0.25) is 11.8 Å². The number of para-hydroxylation sites is 1. The lowest BCUT2D eigenvalue weighted by Gasteiger charge is -2.33. The summed E-state index contributed by atoms with van der Waals surface area (Å²) in [6.07, 6.45) is 1.45. The molecule has 0 aromatic heterocycles. The SMILES string of the molecule is CCOc1ccccc1C(=O)NCC(=O)NC1CCN(C(=O)C(C)C)CC1. The molecule has 1 aliphatic rings. The van der Waals surface area contributed by atoms with E-state index >= 15 is 0 Å². The fraction of sp³-hybridized carbons (Fsp3) is 0.550. The third-order valence-electron chi connectivity index (χ3n) is 4.51. The van der Waals surface area contributed by atoms with Gasteiger partial charge in [-0.3, -0.25) is 14.4 Å². The van der Waals surface area contributed by atoms with E-state index in [1.165, 1.54) is 0 Å². The van der Waals surface area contributed by atoms with E-state index in [4.69, 9.17) is 4.74 Å². The van der Waals surface area contributed by atoms with Crippen LogP contribution in [0, 0.1) is 5.92 Å².